The molecule has 0 saturated carbocycles. The molecule has 2 rings (SSSR count). The van der Waals surface area contributed by atoms with Gasteiger partial charge >= 0.3 is 0 Å². The number of rotatable bonds is 2. The van der Waals surface area contributed by atoms with Crippen molar-refractivity contribution in [3.63, 3.8) is 0 Å². The number of hydrogen-bond acceptors (Lipinski definition) is 4. The lowest BCUT2D eigenvalue weighted by Gasteiger charge is -2.12. The van der Waals surface area contributed by atoms with Gasteiger partial charge in [0.15, 0.2) is 4.20 Å². The highest BCUT2D eigenvalue weighted by molar-refractivity contribution is 8.16. The fraction of sp³-hybridized carbons (Fsp3) is 0.214. The summed E-state index contributed by atoms with van der Waals surface area (Å²) >= 11 is 1.17. The molecule has 0 N–H and O–H groups in total. The van der Waals surface area contributed by atoms with Gasteiger partial charge in [0, 0.05) is 5.56 Å². The number of benzene rings is 1. The molecule has 106 valence electrons. The molecule has 2 aromatic rings. The van der Waals surface area contributed by atoms with Crippen LogP contribution in [0.4, 0.5) is 0 Å². The van der Waals surface area contributed by atoms with Gasteiger partial charge in [-0.2, -0.15) is 0 Å². The Morgan fingerprint density at radius 3 is 2.20 bits per heavy atom. The predicted molar refractivity (Wildman–Crippen MR) is 84.4 cm³/mol. The van der Waals surface area contributed by atoms with Crippen molar-refractivity contribution in [3.05, 3.63) is 51.9 Å². The van der Waals surface area contributed by atoms with Crippen molar-refractivity contribution in [1.82, 2.24) is 0 Å². The Morgan fingerprint density at radius 2 is 1.75 bits per heavy atom. The van der Waals surface area contributed by atoms with Gasteiger partial charge in [-0.25, -0.2) is 12.6 Å². The van der Waals surface area contributed by atoms with Gasteiger partial charge in [-0.3, -0.25) is 0 Å². The first-order valence-electron chi connectivity index (χ1n) is 5.91. The van der Waals surface area contributed by atoms with Gasteiger partial charge in [0.1, 0.15) is 15.5 Å². The van der Waals surface area contributed by atoms with Crippen LogP contribution in [0.1, 0.15) is 22.3 Å². The molecular weight excluding hydrogens is 312 g/mol. The second-order valence-corrected chi connectivity index (χ2v) is 8.47. The number of aryl methyl sites for hydroxylation is 3. The first-order chi connectivity index (χ1) is 9.37. The second kappa shape index (κ2) is 5.63. The minimum atomic E-state index is -3.73. The Labute approximate surface area is 126 Å². The van der Waals surface area contributed by atoms with E-state index in [9.17, 15) is 12.6 Å². The van der Waals surface area contributed by atoms with Crippen molar-refractivity contribution in [3.8, 4) is 0 Å². The summed E-state index contributed by atoms with van der Waals surface area (Å²) in [7, 11) is -3.73. The lowest BCUT2D eigenvalue weighted by molar-refractivity contribution is 0.609. The van der Waals surface area contributed by atoms with Crippen molar-refractivity contribution in [2.24, 2.45) is 0 Å². The van der Waals surface area contributed by atoms with E-state index in [4.69, 9.17) is 0 Å². The zero-order valence-electron chi connectivity index (χ0n) is 11.3. The molecule has 0 aliphatic carbocycles. The van der Waals surface area contributed by atoms with Crippen LogP contribution in [-0.2, 0) is 21.1 Å². The predicted octanol–water partition coefficient (Wildman–Crippen LogP) is 2.84. The van der Waals surface area contributed by atoms with E-state index in [0.717, 1.165) is 28.0 Å². The molecule has 1 aromatic carbocycles. The summed E-state index contributed by atoms with van der Waals surface area (Å²) in [5, 5.41) is 1.69. The molecule has 1 heterocycles. The molecule has 0 bridgehead atoms. The van der Waals surface area contributed by atoms with E-state index in [1.165, 1.54) is 6.07 Å². The average molecular weight is 326 g/mol. The average Bonchev–Trinajstić information content (AvgIpc) is 2.87. The summed E-state index contributed by atoms with van der Waals surface area (Å²) in [5.74, 6) is 0. The van der Waals surface area contributed by atoms with Gasteiger partial charge in [0.2, 0.25) is 9.84 Å². The number of hydrogen-bond donors (Lipinski definition) is 0. The van der Waals surface area contributed by atoms with Crippen molar-refractivity contribution >= 4 is 36.6 Å². The maximum absolute atomic E-state index is 12.6. The summed E-state index contributed by atoms with van der Waals surface area (Å²) in [6, 6.07) is 6.97. The van der Waals surface area contributed by atoms with E-state index in [-0.39, 0.29) is 19.7 Å². The van der Waals surface area contributed by atoms with Crippen LogP contribution in [0.25, 0.3) is 0 Å². The SMILES string of the molecule is Cc1cc(C)c(C(=S=O)S(=O)(=O)c2cccs2)c(C)c1. The third-order valence-corrected chi connectivity index (χ3v) is 7.15. The zero-order valence-corrected chi connectivity index (χ0v) is 13.8. The standard InChI is InChI=1S/C14H14O3S3/c1-9-7-10(2)13(11(3)8-9)14(19-15)20(16,17)12-5-4-6-18-12/h4-8H,1-3H3. The first kappa shape index (κ1) is 15.2. The largest absolute Gasteiger partial charge is 0.229 e. The minimum Gasteiger partial charge on any atom is -0.217 e. The Hall–Kier alpha value is -1.24. The molecular formula is C14H14O3S3. The van der Waals surface area contributed by atoms with Crippen LogP contribution >= 0.6 is 11.3 Å². The number of sulfone groups is 1. The van der Waals surface area contributed by atoms with Gasteiger partial charge in [-0.15, -0.1) is 11.3 Å². The second-order valence-electron chi connectivity index (χ2n) is 4.58. The third kappa shape index (κ3) is 2.63. The highest BCUT2D eigenvalue weighted by Gasteiger charge is 2.27. The fourth-order valence-corrected chi connectivity index (χ4v) is 5.82. The Bertz CT molecular complexity index is 773. The van der Waals surface area contributed by atoms with Crippen LogP contribution in [0.5, 0.6) is 0 Å². The maximum atomic E-state index is 12.6. The first-order valence-corrected chi connectivity index (χ1v) is 9.02. The molecule has 0 aliphatic rings. The van der Waals surface area contributed by atoms with Gasteiger partial charge in [0.05, 0.1) is 0 Å². The molecule has 6 heteroatoms. The van der Waals surface area contributed by atoms with E-state index in [2.05, 4.69) is 0 Å². The van der Waals surface area contributed by atoms with E-state index in [1.807, 2.05) is 32.9 Å². The quantitative estimate of drug-likeness (QED) is 0.798. The topological polar surface area (TPSA) is 51.2 Å². The Kier molecular flexibility index (Phi) is 4.27. The van der Waals surface area contributed by atoms with Crippen molar-refractivity contribution in [1.29, 1.82) is 0 Å². The normalized spacial score (nSPS) is 11.3. The highest BCUT2D eigenvalue weighted by Crippen LogP contribution is 2.25. The van der Waals surface area contributed by atoms with Crippen LogP contribution in [-0.4, -0.2) is 16.8 Å². The molecule has 0 fully saturated rings. The summed E-state index contributed by atoms with van der Waals surface area (Å²) < 4.78 is 36.7. The van der Waals surface area contributed by atoms with Gasteiger partial charge < -0.3 is 0 Å². The summed E-state index contributed by atoms with van der Waals surface area (Å²) in [5.41, 5.74) is 3.19. The van der Waals surface area contributed by atoms with E-state index < -0.39 is 9.84 Å². The summed E-state index contributed by atoms with van der Waals surface area (Å²) in [6.45, 7) is 5.60. The van der Waals surface area contributed by atoms with Crippen molar-refractivity contribution in [2.45, 2.75) is 25.0 Å². The summed E-state index contributed by atoms with van der Waals surface area (Å²) in [6.07, 6.45) is 0. The Morgan fingerprint density at radius 1 is 1.15 bits per heavy atom. The zero-order chi connectivity index (χ0) is 14.9. The van der Waals surface area contributed by atoms with E-state index >= 15 is 0 Å². The van der Waals surface area contributed by atoms with Crippen LogP contribution < -0.4 is 0 Å². The van der Waals surface area contributed by atoms with Gasteiger partial charge in [-0.1, -0.05) is 23.8 Å². The van der Waals surface area contributed by atoms with Gasteiger partial charge in [0.25, 0.3) is 0 Å². The van der Waals surface area contributed by atoms with Crippen LogP contribution in [0.3, 0.4) is 0 Å². The van der Waals surface area contributed by atoms with Crippen molar-refractivity contribution in [2.75, 3.05) is 0 Å². The third-order valence-electron chi connectivity index (χ3n) is 2.96. The molecule has 0 aliphatic heterocycles. The molecule has 0 unspecified atom stereocenters. The molecule has 0 spiro atoms. The number of thiophene rings is 1. The highest BCUT2D eigenvalue weighted by atomic mass is 32.3. The minimum absolute atomic E-state index is 0.0478. The molecule has 1 aromatic heterocycles. The maximum Gasteiger partial charge on any atom is 0.229 e. The lowest BCUT2D eigenvalue weighted by atomic mass is 10.0. The van der Waals surface area contributed by atoms with Gasteiger partial charge in [-0.05, 0) is 43.3 Å². The fourth-order valence-electron chi connectivity index (χ4n) is 2.23. The van der Waals surface area contributed by atoms with Crippen LogP contribution in [0, 0.1) is 20.8 Å². The molecule has 0 saturated heterocycles. The molecule has 0 radical (unpaired) electrons. The summed E-state index contributed by atoms with van der Waals surface area (Å²) in [4.78, 5) is 0. The van der Waals surface area contributed by atoms with Crippen LogP contribution in [0.2, 0.25) is 0 Å². The van der Waals surface area contributed by atoms with E-state index in [0.29, 0.717) is 5.56 Å². The van der Waals surface area contributed by atoms with Crippen LogP contribution in [0.15, 0.2) is 33.9 Å². The van der Waals surface area contributed by atoms with Crippen molar-refractivity contribution < 1.29 is 12.6 Å². The molecule has 3 nitrogen and oxygen atoms in total. The Balaban J connectivity index is 2.71. The molecule has 0 atom stereocenters. The molecule has 20 heavy (non-hydrogen) atoms. The van der Waals surface area contributed by atoms with E-state index in [1.54, 1.807) is 11.4 Å². The lowest BCUT2D eigenvalue weighted by Crippen LogP contribution is -2.18. The monoisotopic (exact) mass is 326 g/mol. The molecule has 0 amide bonds. The smallest absolute Gasteiger partial charge is 0.217 e.